The standard InChI is InChI=1S/C24H26N4O2.C22H23ClN4O2.C2H6/c1-16-7-3-4-8-18(12-11-16)15-25-23(26-19-13-14-21(29)17(19)2)28-24-27-20-9-5-6-10-22(20)30-24;1-5-10-14(23)13(4)20-19(17(28)7-3)15(6-2)24-21(26-20)27-22-25-16-11-8-9-12-18(16)29-22;1-2/h3-10H,11-15H2,1-2H3,(H2,25,26,27,28);5,8-12,20H,1,4,6-7H2,2-3H3,(H2,24,25,26,27);1-2H3/b4-3-,16-7-,18-8+;14-10+;. The third-order valence-electron chi connectivity index (χ3n) is 9.89. The van der Waals surface area contributed by atoms with Gasteiger partial charge in [0.1, 0.15) is 17.1 Å². The van der Waals surface area contributed by atoms with Gasteiger partial charge in [-0.1, -0.05) is 113 Å². The molecule has 4 N–H and O–H groups in total. The van der Waals surface area contributed by atoms with Crippen molar-refractivity contribution in [1.29, 1.82) is 0 Å². The molecule has 0 saturated heterocycles. The van der Waals surface area contributed by atoms with Crippen LogP contribution < -0.4 is 21.3 Å². The highest BCUT2D eigenvalue weighted by atomic mass is 35.5. The van der Waals surface area contributed by atoms with Crippen molar-refractivity contribution in [3.05, 3.63) is 142 Å². The van der Waals surface area contributed by atoms with Crippen LogP contribution in [-0.2, 0) is 9.59 Å². The molecular formula is C48H55ClN8O4. The average Bonchev–Trinajstić information content (AvgIpc) is 3.97. The van der Waals surface area contributed by atoms with Gasteiger partial charge in [-0.25, -0.2) is 9.98 Å². The number of allylic oxidation sites excluding steroid dienone is 10. The lowest BCUT2D eigenvalue weighted by Crippen LogP contribution is -2.40. The second-order valence-corrected chi connectivity index (χ2v) is 14.5. The zero-order chi connectivity index (χ0) is 43.9. The number of anilines is 2. The molecule has 61 heavy (non-hydrogen) atoms. The molecule has 3 aliphatic rings. The smallest absolute Gasteiger partial charge is 0.302 e. The van der Waals surface area contributed by atoms with Crippen molar-refractivity contribution in [2.45, 2.75) is 86.1 Å². The second-order valence-electron chi connectivity index (χ2n) is 14.1. The number of oxazole rings is 2. The summed E-state index contributed by atoms with van der Waals surface area (Å²) in [4.78, 5) is 42.9. The number of benzene rings is 2. The number of Topliss-reactive ketones (excluding diaryl/α,β-unsaturated/α-hetero) is 2. The summed E-state index contributed by atoms with van der Waals surface area (Å²) in [7, 11) is 0. The summed E-state index contributed by atoms with van der Waals surface area (Å²) in [5.74, 6) is 1.11. The minimum absolute atomic E-state index is 0.00627. The Labute approximate surface area is 362 Å². The van der Waals surface area contributed by atoms with E-state index in [9.17, 15) is 9.59 Å². The predicted octanol–water partition coefficient (Wildman–Crippen LogP) is 11.1. The summed E-state index contributed by atoms with van der Waals surface area (Å²) in [5.41, 5.74) is 8.99. The number of nitrogens with zero attached hydrogens (tertiary/aromatic N) is 4. The van der Waals surface area contributed by atoms with Crippen LogP contribution in [0.3, 0.4) is 0 Å². The van der Waals surface area contributed by atoms with Crippen LogP contribution in [0.15, 0.2) is 161 Å². The van der Waals surface area contributed by atoms with E-state index in [0.29, 0.717) is 83.5 Å². The Hall–Kier alpha value is -6.53. The minimum atomic E-state index is -0.616. The maximum Gasteiger partial charge on any atom is 0.302 e. The zero-order valence-electron chi connectivity index (χ0n) is 35.8. The van der Waals surface area contributed by atoms with Gasteiger partial charge in [0.2, 0.25) is 11.9 Å². The molecular weight excluding hydrogens is 788 g/mol. The number of halogens is 1. The maximum atomic E-state index is 12.7. The summed E-state index contributed by atoms with van der Waals surface area (Å²) in [6, 6.07) is 15.1. The maximum absolute atomic E-state index is 12.7. The van der Waals surface area contributed by atoms with Gasteiger partial charge in [-0.15, -0.1) is 0 Å². The Balaban J connectivity index is 0.000000222. The van der Waals surface area contributed by atoms with Crippen LogP contribution in [0.25, 0.3) is 22.2 Å². The Morgan fingerprint density at radius 2 is 1.59 bits per heavy atom. The molecule has 12 nitrogen and oxygen atoms in total. The fourth-order valence-corrected chi connectivity index (χ4v) is 6.73. The highest BCUT2D eigenvalue weighted by Crippen LogP contribution is 2.31. The molecule has 0 radical (unpaired) electrons. The number of guanidine groups is 2. The first-order chi connectivity index (χ1) is 29.6. The van der Waals surface area contributed by atoms with Crippen LogP contribution in [-0.4, -0.2) is 46.0 Å². The van der Waals surface area contributed by atoms with Crippen LogP contribution in [0.4, 0.5) is 12.0 Å². The van der Waals surface area contributed by atoms with Gasteiger partial charge in [-0.05, 0) is 81.0 Å². The van der Waals surface area contributed by atoms with Crippen molar-refractivity contribution >= 4 is 69.3 Å². The minimum Gasteiger partial charge on any atom is -0.423 e. The molecule has 3 heterocycles. The fourth-order valence-electron chi connectivity index (χ4n) is 6.54. The summed E-state index contributed by atoms with van der Waals surface area (Å²) in [6.45, 7) is 20.1. The summed E-state index contributed by atoms with van der Waals surface area (Å²) in [5, 5.41) is 13.1. The molecule has 0 saturated carbocycles. The molecule has 0 spiro atoms. The molecule has 0 fully saturated rings. The lowest BCUT2D eigenvalue weighted by atomic mass is 9.91. The molecule has 1 aliphatic heterocycles. The van der Waals surface area contributed by atoms with Gasteiger partial charge >= 0.3 is 12.0 Å². The fraction of sp³-hybridized carbons (Fsp3) is 0.292. The van der Waals surface area contributed by atoms with E-state index >= 15 is 0 Å². The number of carbonyl (C=O) groups excluding carboxylic acids is 2. The first-order valence-corrected chi connectivity index (χ1v) is 21.0. The quantitative estimate of drug-likeness (QED) is 0.0650. The van der Waals surface area contributed by atoms with Gasteiger partial charge in [0.15, 0.2) is 22.7 Å². The average molecular weight is 843 g/mol. The van der Waals surface area contributed by atoms with Crippen LogP contribution in [0.1, 0.15) is 80.1 Å². The SMILES string of the molecule is C=C/C=C(/Cl)C(=C)C1N=C(Nc2nc3ccccc3o2)NC(CC)=C1C(=O)CC.CC.CC1=C(NC(=NC/C2=C/C=C\C=C(\C)CC2)Nc2nc3ccccc3o2)CCC1=O. The normalized spacial score (nSPS) is 19.1. The number of aliphatic imine (C=N–C) groups is 2. The van der Waals surface area contributed by atoms with Gasteiger partial charge in [-0.2, -0.15) is 9.97 Å². The Morgan fingerprint density at radius 1 is 0.934 bits per heavy atom. The summed E-state index contributed by atoms with van der Waals surface area (Å²) < 4.78 is 11.5. The second kappa shape index (κ2) is 22.2. The molecule has 7 rings (SSSR count). The van der Waals surface area contributed by atoms with Gasteiger partial charge in [0, 0.05) is 40.4 Å². The number of aromatic nitrogens is 2. The van der Waals surface area contributed by atoms with Crippen molar-refractivity contribution in [2.75, 3.05) is 17.2 Å². The molecule has 0 amide bonds. The van der Waals surface area contributed by atoms with E-state index in [0.717, 1.165) is 40.8 Å². The molecule has 0 bridgehead atoms. The monoisotopic (exact) mass is 842 g/mol. The van der Waals surface area contributed by atoms with E-state index in [2.05, 4.69) is 80.6 Å². The molecule has 13 heteroatoms. The molecule has 318 valence electrons. The summed E-state index contributed by atoms with van der Waals surface area (Å²) in [6.07, 6.45) is 15.8. The largest absolute Gasteiger partial charge is 0.423 e. The molecule has 2 aromatic heterocycles. The Morgan fingerprint density at radius 3 is 2.21 bits per heavy atom. The van der Waals surface area contributed by atoms with Crippen molar-refractivity contribution in [2.24, 2.45) is 9.98 Å². The number of fused-ring (bicyclic) bond motifs is 2. The molecule has 2 aromatic carbocycles. The molecule has 1 unspecified atom stereocenters. The number of hydrogen-bond acceptors (Lipinski definition) is 10. The van der Waals surface area contributed by atoms with E-state index < -0.39 is 6.04 Å². The number of hydrogen-bond donors (Lipinski definition) is 4. The number of nitrogens with one attached hydrogen (secondary N) is 4. The number of carbonyl (C=O) groups is 2. The lowest BCUT2D eigenvalue weighted by molar-refractivity contribution is -0.116. The summed E-state index contributed by atoms with van der Waals surface area (Å²) >= 11 is 6.35. The van der Waals surface area contributed by atoms with Crippen LogP contribution in [0.2, 0.25) is 0 Å². The van der Waals surface area contributed by atoms with Crippen LogP contribution >= 0.6 is 11.6 Å². The van der Waals surface area contributed by atoms with Gasteiger partial charge in [-0.3, -0.25) is 20.2 Å². The molecule has 1 atom stereocenters. The van der Waals surface area contributed by atoms with E-state index in [4.69, 9.17) is 25.4 Å². The van der Waals surface area contributed by atoms with Crippen molar-refractivity contribution in [1.82, 2.24) is 20.6 Å². The van der Waals surface area contributed by atoms with Crippen LogP contribution in [0, 0.1) is 0 Å². The highest BCUT2D eigenvalue weighted by molar-refractivity contribution is 6.32. The third-order valence-corrected chi connectivity index (χ3v) is 10.3. The molecule has 2 aliphatic carbocycles. The number of rotatable bonds is 11. The van der Waals surface area contributed by atoms with E-state index in [1.165, 1.54) is 11.1 Å². The topological polar surface area (TPSA) is 159 Å². The van der Waals surface area contributed by atoms with Gasteiger partial charge in [0.25, 0.3) is 0 Å². The zero-order valence-corrected chi connectivity index (χ0v) is 36.6. The van der Waals surface area contributed by atoms with Crippen molar-refractivity contribution < 1.29 is 18.4 Å². The first-order valence-electron chi connectivity index (χ1n) is 20.7. The highest BCUT2D eigenvalue weighted by Gasteiger charge is 2.31. The number of para-hydroxylation sites is 4. The molecule has 4 aromatic rings. The predicted molar refractivity (Wildman–Crippen MR) is 249 cm³/mol. The number of ketones is 2. The lowest BCUT2D eigenvalue weighted by Gasteiger charge is -2.28. The van der Waals surface area contributed by atoms with E-state index in [1.54, 1.807) is 12.2 Å². The van der Waals surface area contributed by atoms with Gasteiger partial charge in [0.05, 0.1) is 6.54 Å². The van der Waals surface area contributed by atoms with Gasteiger partial charge < -0.3 is 19.5 Å². The Kier molecular flexibility index (Phi) is 16.6. The van der Waals surface area contributed by atoms with Crippen molar-refractivity contribution in [3.8, 4) is 0 Å². The van der Waals surface area contributed by atoms with Crippen LogP contribution in [0.5, 0.6) is 0 Å². The Bertz CT molecular complexity index is 2460. The third kappa shape index (κ3) is 12.0. The van der Waals surface area contributed by atoms with E-state index in [1.807, 2.05) is 83.1 Å². The van der Waals surface area contributed by atoms with Crippen molar-refractivity contribution in [3.63, 3.8) is 0 Å². The first kappa shape index (κ1) is 45.6. The van der Waals surface area contributed by atoms with E-state index in [-0.39, 0.29) is 11.6 Å².